The lowest BCUT2D eigenvalue weighted by molar-refractivity contribution is 0.190. The standard InChI is InChI=1S/C11H19N3O/c1-3-9-13-10(15-14-9)11(12)6-4-8(2)5-7-11/h8H,3-7,12H2,1-2H3. The summed E-state index contributed by atoms with van der Waals surface area (Å²) in [7, 11) is 0. The molecule has 0 aliphatic heterocycles. The van der Waals surface area contributed by atoms with Crippen LogP contribution in [0.25, 0.3) is 0 Å². The topological polar surface area (TPSA) is 64.9 Å². The summed E-state index contributed by atoms with van der Waals surface area (Å²) in [4.78, 5) is 4.35. The molecule has 84 valence electrons. The Morgan fingerprint density at radius 1 is 1.47 bits per heavy atom. The van der Waals surface area contributed by atoms with Crippen molar-refractivity contribution in [3.05, 3.63) is 11.7 Å². The van der Waals surface area contributed by atoms with E-state index in [4.69, 9.17) is 10.3 Å². The minimum absolute atomic E-state index is 0.368. The van der Waals surface area contributed by atoms with Gasteiger partial charge >= 0.3 is 0 Å². The number of nitrogens with two attached hydrogens (primary N) is 1. The number of aryl methyl sites for hydroxylation is 1. The second-order valence-electron chi connectivity index (χ2n) is 4.71. The van der Waals surface area contributed by atoms with Crippen molar-refractivity contribution in [3.63, 3.8) is 0 Å². The smallest absolute Gasteiger partial charge is 0.246 e. The van der Waals surface area contributed by atoms with Gasteiger partial charge in [0, 0.05) is 6.42 Å². The van der Waals surface area contributed by atoms with Crippen LogP contribution in [0, 0.1) is 5.92 Å². The zero-order chi connectivity index (χ0) is 10.9. The Morgan fingerprint density at radius 3 is 2.67 bits per heavy atom. The lowest BCUT2D eigenvalue weighted by Crippen LogP contribution is -2.40. The first kappa shape index (κ1) is 10.6. The third-order valence-electron chi connectivity index (χ3n) is 3.38. The molecule has 2 N–H and O–H groups in total. The Bertz CT molecular complexity index is 326. The second kappa shape index (κ2) is 3.93. The molecular formula is C11H19N3O. The summed E-state index contributed by atoms with van der Waals surface area (Å²) in [6.45, 7) is 4.28. The molecule has 4 heteroatoms. The Balaban J connectivity index is 2.14. The van der Waals surface area contributed by atoms with Crippen LogP contribution in [-0.2, 0) is 12.0 Å². The molecule has 1 aliphatic rings. The molecule has 0 aromatic carbocycles. The van der Waals surface area contributed by atoms with Crippen LogP contribution in [0.15, 0.2) is 4.52 Å². The minimum atomic E-state index is -0.368. The molecule has 2 rings (SSSR count). The molecule has 4 nitrogen and oxygen atoms in total. The molecule has 1 aromatic rings. The molecule has 0 saturated heterocycles. The van der Waals surface area contributed by atoms with E-state index in [1.54, 1.807) is 0 Å². The molecule has 1 aromatic heterocycles. The molecule has 15 heavy (non-hydrogen) atoms. The highest BCUT2D eigenvalue weighted by Crippen LogP contribution is 2.36. The SMILES string of the molecule is CCc1noc(C2(N)CCC(C)CC2)n1. The monoisotopic (exact) mass is 209 g/mol. The van der Waals surface area contributed by atoms with E-state index in [1.807, 2.05) is 6.92 Å². The van der Waals surface area contributed by atoms with Crippen LogP contribution in [0.1, 0.15) is 51.2 Å². The number of hydrogen-bond acceptors (Lipinski definition) is 4. The summed E-state index contributed by atoms with van der Waals surface area (Å²) in [6, 6.07) is 0. The lowest BCUT2D eigenvalue weighted by atomic mass is 9.78. The van der Waals surface area contributed by atoms with Crippen molar-refractivity contribution in [1.82, 2.24) is 10.1 Å². The van der Waals surface area contributed by atoms with Gasteiger partial charge in [-0.25, -0.2) is 0 Å². The summed E-state index contributed by atoms with van der Waals surface area (Å²) in [5.41, 5.74) is 5.95. The zero-order valence-corrected chi connectivity index (χ0v) is 9.49. The van der Waals surface area contributed by atoms with Crippen LogP contribution in [0.5, 0.6) is 0 Å². The molecule has 0 radical (unpaired) electrons. The van der Waals surface area contributed by atoms with Crippen LogP contribution < -0.4 is 5.73 Å². The minimum Gasteiger partial charge on any atom is -0.337 e. The van der Waals surface area contributed by atoms with Gasteiger partial charge < -0.3 is 10.3 Å². The molecule has 0 amide bonds. The lowest BCUT2D eigenvalue weighted by Gasteiger charge is -2.32. The summed E-state index contributed by atoms with van der Waals surface area (Å²) < 4.78 is 5.25. The van der Waals surface area contributed by atoms with Crippen LogP contribution in [0.4, 0.5) is 0 Å². The maximum Gasteiger partial charge on any atom is 0.246 e. The van der Waals surface area contributed by atoms with E-state index in [2.05, 4.69) is 17.1 Å². The van der Waals surface area contributed by atoms with E-state index in [1.165, 1.54) is 0 Å². The van der Waals surface area contributed by atoms with E-state index in [-0.39, 0.29) is 5.54 Å². The predicted molar refractivity (Wildman–Crippen MR) is 57.2 cm³/mol. The molecular weight excluding hydrogens is 190 g/mol. The van der Waals surface area contributed by atoms with E-state index in [0.29, 0.717) is 5.89 Å². The van der Waals surface area contributed by atoms with Gasteiger partial charge in [0.25, 0.3) is 0 Å². The first-order valence-corrected chi connectivity index (χ1v) is 5.76. The molecule has 0 spiro atoms. The molecule has 1 heterocycles. The van der Waals surface area contributed by atoms with Crippen LogP contribution >= 0.6 is 0 Å². The fourth-order valence-electron chi connectivity index (χ4n) is 2.09. The quantitative estimate of drug-likeness (QED) is 0.809. The summed E-state index contributed by atoms with van der Waals surface area (Å²) >= 11 is 0. The average molecular weight is 209 g/mol. The highest BCUT2D eigenvalue weighted by molar-refractivity contribution is 5.04. The van der Waals surface area contributed by atoms with E-state index in [9.17, 15) is 0 Å². The van der Waals surface area contributed by atoms with Crippen molar-refractivity contribution in [2.24, 2.45) is 11.7 Å². The van der Waals surface area contributed by atoms with E-state index >= 15 is 0 Å². The maximum absolute atomic E-state index is 6.31. The van der Waals surface area contributed by atoms with Crippen molar-refractivity contribution in [2.75, 3.05) is 0 Å². The first-order chi connectivity index (χ1) is 7.14. The third-order valence-corrected chi connectivity index (χ3v) is 3.38. The number of rotatable bonds is 2. The van der Waals surface area contributed by atoms with Crippen LogP contribution in [0.2, 0.25) is 0 Å². The van der Waals surface area contributed by atoms with Gasteiger partial charge in [-0.1, -0.05) is 19.0 Å². The van der Waals surface area contributed by atoms with Crippen LogP contribution in [0.3, 0.4) is 0 Å². The number of aromatic nitrogens is 2. The Kier molecular flexibility index (Phi) is 2.78. The van der Waals surface area contributed by atoms with Gasteiger partial charge in [-0.05, 0) is 31.6 Å². The molecule has 1 saturated carbocycles. The highest BCUT2D eigenvalue weighted by Gasteiger charge is 2.36. The summed E-state index contributed by atoms with van der Waals surface area (Å²) in [6.07, 6.45) is 5.02. The van der Waals surface area contributed by atoms with Crippen molar-refractivity contribution in [1.29, 1.82) is 0 Å². The zero-order valence-electron chi connectivity index (χ0n) is 9.49. The Labute approximate surface area is 90.2 Å². The second-order valence-corrected chi connectivity index (χ2v) is 4.71. The Hall–Kier alpha value is -0.900. The third kappa shape index (κ3) is 2.04. The van der Waals surface area contributed by atoms with Crippen molar-refractivity contribution >= 4 is 0 Å². The van der Waals surface area contributed by atoms with Gasteiger partial charge in [0.1, 0.15) is 0 Å². The molecule has 0 bridgehead atoms. The number of nitrogens with zero attached hydrogens (tertiary/aromatic N) is 2. The first-order valence-electron chi connectivity index (χ1n) is 5.76. The largest absolute Gasteiger partial charge is 0.337 e. The van der Waals surface area contributed by atoms with Crippen molar-refractivity contribution < 1.29 is 4.52 Å². The number of hydrogen-bond donors (Lipinski definition) is 1. The fourth-order valence-corrected chi connectivity index (χ4v) is 2.09. The molecule has 1 aliphatic carbocycles. The van der Waals surface area contributed by atoms with E-state index in [0.717, 1.165) is 43.8 Å². The average Bonchev–Trinajstić information content (AvgIpc) is 2.72. The molecule has 0 atom stereocenters. The normalized spacial score (nSPS) is 31.8. The Morgan fingerprint density at radius 2 is 2.13 bits per heavy atom. The predicted octanol–water partition coefficient (Wildman–Crippen LogP) is 2.00. The van der Waals surface area contributed by atoms with Gasteiger partial charge in [0.15, 0.2) is 5.82 Å². The van der Waals surface area contributed by atoms with Gasteiger partial charge in [0.2, 0.25) is 5.89 Å². The molecule has 0 unspecified atom stereocenters. The van der Waals surface area contributed by atoms with Gasteiger partial charge in [-0.15, -0.1) is 0 Å². The highest BCUT2D eigenvalue weighted by atomic mass is 16.5. The summed E-state index contributed by atoms with van der Waals surface area (Å²) in [5, 5.41) is 3.91. The van der Waals surface area contributed by atoms with E-state index < -0.39 is 0 Å². The summed E-state index contributed by atoms with van der Waals surface area (Å²) in [5.74, 6) is 2.16. The van der Waals surface area contributed by atoms with Crippen LogP contribution in [-0.4, -0.2) is 10.1 Å². The van der Waals surface area contributed by atoms with Gasteiger partial charge in [-0.3, -0.25) is 0 Å². The molecule has 1 fully saturated rings. The van der Waals surface area contributed by atoms with Gasteiger partial charge in [-0.2, -0.15) is 4.98 Å². The fraction of sp³-hybridized carbons (Fsp3) is 0.818. The maximum atomic E-state index is 6.31. The van der Waals surface area contributed by atoms with Crippen molar-refractivity contribution in [3.8, 4) is 0 Å². The van der Waals surface area contributed by atoms with Crippen molar-refractivity contribution in [2.45, 2.75) is 51.5 Å². The van der Waals surface area contributed by atoms with Gasteiger partial charge in [0.05, 0.1) is 5.54 Å².